The second-order valence-corrected chi connectivity index (χ2v) is 12.1. The maximum absolute atomic E-state index is 13.3. The van der Waals surface area contributed by atoms with Crippen molar-refractivity contribution in [2.45, 2.75) is 6.92 Å². The van der Waals surface area contributed by atoms with Gasteiger partial charge in [-0.25, -0.2) is 0 Å². The first kappa shape index (κ1) is 32.6. The average molecular weight is 728 g/mol. The van der Waals surface area contributed by atoms with Crippen LogP contribution in [0.15, 0.2) is 82.0 Å². The summed E-state index contributed by atoms with van der Waals surface area (Å²) in [5.74, 6) is -1.00. The number of anilines is 2. The number of hydrogen-bond donors (Lipinski definition) is 3. The van der Waals surface area contributed by atoms with E-state index in [1.165, 1.54) is 7.11 Å². The first-order valence-corrected chi connectivity index (χ1v) is 15.6. The topological polar surface area (TPSA) is 125 Å². The fourth-order valence-corrected chi connectivity index (χ4v) is 6.22. The molecule has 3 N–H and O–H groups in total. The van der Waals surface area contributed by atoms with Crippen molar-refractivity contribution < 1.29 is 19.4 Å². The fourth-order valence-electron chi connectivity index (χ4n) is 5.00. The molecule has 0 unspecified atom stereocenters. The lowest BCUT2D eigenvalue weighted by atomic mass is 10.0. The quantitative estimate of drug-likeness (QED) is 0.0912. The molecule has 236 valence electrons. The highest BCUT2D eigenvalue weighted by Crippen LogP contribution is 2.45. The normalized spacial score (nSPS) is 12.4. The van der Waals surface area contributed by atoms with Crippen LogP contribution in [0, 0.1) is 6.92 Å². The molecule has 14 heteroatoms. The van der Waals surface area contributed by atoms with Crippen LogP contribution >= 0.6 is 58.0 Å². The Balaban J connectivity index is 1.34. The molecule has 0 saturated heterocycles. The number of aliphatic imine (C=N–C) groups is 1. The van der Waals surface area contributed by atoms with Gasteiger partial charge in [0.05, 0.1) is 54.6 Å². The van der Waals surface area contributed by atoms with Crippen molar-refractivity contribution in [1.29, 1.82) is 0 Å². The summed E-state index contributed by atoms with van der Waals surface area (Å²) in [4.78, 5) is 30.0. The number of carbonyl (C=O) groups is 2. The van der Waals surface area contributed by atoms with E-state index >= 15 is 0 Å². The lowest BCUT2D eigenvalue weighted by molar-refractivity contribution is 0.100. The number of amidine groups is 1. The van der Waals surface area contributed by atoms with E-state index in [1.54, 1.807) is 73.7 Å². The number of methoxy groups -OCH3 is 1. The van der Waals surface area contributed by atoms with Crippen LogP contribution in [0.25, 0.3) is 10.8 Å². The number of azo groups is 1. The largest absolute Gasteiger partial charge is 0.505 e. The minimum absolute atomic E-state index is 0.0103. The molecule has 1 aliphatic heterocycles. The number of hydrogen-bond acceptors (Lipinski definition) is 7. The molecular formula is C33H20Cl5N5O4. The maximum atomic E-state index is 13.3. The van der Waals surface area contributed by atoms with Gasteiger partial charge in [-0.3, -0.25) is 9.59 Å². The first-order valence-electron chi connectivity index (χ1n) is 13.7. The van der Waals surface area contributed by atoms with E-state index in [9.17, 15) is 14.7 Å². The Morgan fingerprint density at radius 1 is 0.851 bits per heavy atom. The second-order valence-electron chi connectivity index (χ2n) is 10.2. The maximum Gasteiger partial charge on any atom is 0.281 e. The number of phenols is 1. The lowest BCUT2D eigenvalue weighted by Gasteiger charge is -2.14. The van der Waals surface area contributed by atoms with E-state index in [1.807, 2.05) is 0 Å². The second kappa shape index (κ2) is 13.0. The minimum atomic E-state index is -0.631. The lowest BCUT2D eigenvalue weighted by Crippen LogP contribution is -2.13. The molecule has 5 aromatic rings. The summed E-state index contributed by atoms with van der Waals surface area (Å²) in [7, 11) is 1.49. The number of para-hydroxylation sites is 2. The van der Waals surface area contributed by atoms with Gasteiger partial charge in [0.1, 0.15) is 23.0 Å². The molecule has 0 saturated carbocycles. The fraction of sp³-hybridized carbons (Fsp3) is 0.0606. The number of aromatic hydroxyl groups is 1. The molecule has 0 radical (unpaired) electrons. The number of halogens is 5. The molecule has 0 spiro atoms. The Bertz CT molecular complexity index is 2220. The van der Waals surface area contributed by atoms with Crippen molar-refractivity contribution in [3.8, 4) is 11.5 Å². The van der Waals surface area contributed by atoms with Gasteiger partial charge in [-0.05, 0) is 48.2 Å². The Morgan fingerprint density at radius 3 is 2.28 bits per heavy atom. The molecule has 0 aromatic heterocycles. The summed E-state index contributed by atoms with van der Waals surface area (Å²) < 4.78 is 5.33. The summed E-state index contributed by atoms with van der Waals surface area (Å²) in [5, 5.41) is 27.1. The number of rotatable bonds is 6. The summed E-state index contributed by atoms with van der Waals surface area (Å²) in [6.45, 7) is 1.77. The molecule has 2 amide bonds. The van der Waals surface area contributed by atoms with Crippen molar-refractivity contribution in [3.63, 3.8) is 0 Å². The molecule has 47 heavy (non-hydrogen) atoms. The zero-order valence-corrected chi connectivity index (χ0v) is 28.0. The Hall–Kier alpha value is -4.38. The third-order valence-corrected chi connectivity index (χ3v) is 9.44. The van der Waals surface area contributed by atoms with Crippen molar-refractivity contribution >= 4 is 109 Å². The molecule has 0 fully saturated rings. The van der Waals surface area contributed by atoms with Crippen LogP contribution in [0.1, 0.15) is 31.8 Å². The number of aryl methyl sites for hydroxylation is 1. The van der Waals surface area contributed by atoms with Crippen molar-refractivity contribution in [2.24, 2.45) is 15.2 Å². The van der Waals surface area contributed by atoms with E-state index in [-0.39, 0.29) is 64.8 Å². The number of benzene rings is 5. The molecule has 5 aromatic carbocycles. The molecule has 1 aliphatic rings. The van der Waals surface area contributed by atoms with Crippen LogP contribution in [-0.4, -0.2) is 29.9 Å². The van der Waals surface area contributed by atoms with Gasteiger partial charge in [0.25, 0.3) is 11.8 Å². The van der Waals surface area contributed by atoms with Crippen LogP contribution in [0.5, 0.6) is 11.5 Å². The molecule has 1 heterocycles. The summed E-state index contributed by atoms with van der Waals surface area (Å²) >= 11 is 31.7. The summed E-state index contributed by atoms with van der Waals surface area (Å²) in [5.41, 5.74) is 2.13. The molecule has 9 nitrogen and oxygen atoms in total. The third kappa shape index (κ3) is 5.97. The van der Waals surface area contributed by atoms with Gasteiger partial charge < -0.3 is 20.5 Å². The van der Waals surface area contributed by atoms with E-state index in [4.69, 9.17) is 62.7 Å². The smallest absolute Gasteiger partial charge is 0.281 e. The third-order valence-electron chi connectivity index (χ3n) is 7.33. The number of nitrogens with one attached hydrogen (secondary N) is 2. The van der Waals surface area contributed by atoms with Gasteiger partial charge in [0.15, 0.2) is 5.75 Å². The number of fused-ring (bicyclic) bond motifs is 2. The standard InChI is InChI=1S/C33H20Cl5N5O4/c1-14-11-21(18(34)13-20(14)39-31-23-24(33(46)41-31)26(36)28(38)27(37)25(23)35)42-43-29-16-8-4-3-7-15(16)12-17(30(29)44)32(45)40-19-9-5-6-10-22(19)47-2/h3-13,44H,1-2H3,(H,40,45)(H,39,41,46). The highest BCUT2D eigenvalue weighted by Gasteiger charge is 2.33. The highest BCUT2D eigenvalue weighted by molar-refractivity contribution is 6.55. The number of nitrogens with zero attached hydrogens (tertiary/aromatic N) is 3. The van der Waals surface area contributed by atoms with Crippen molar-refractivity contribution in [3.05, 3.63) is 114 Å². The van der Waals surface area contributed by atoms with E-state index in [0.717, 1.165) is 0 Å². The first-order chi connectivity index (χ1) is 22.5. The summed E-state index contributed by atoms with van der Waals surface area (Å²) in [6.07, 6.45) is 0. The van der Waals surface area contributed by atoms with Gasteiger partial charge in [-0.1, -0.05) is 94.4 Å². The van der Waals surface area contributed by atoms with Gasteiger partial charge in [-0.2, -0.15) is 4.99 Å². The number of carbonyl (C=O) groups excluding carboxylic acids is 2. The zero-order valence-electron chi connectivity index (χ0n) is 24.3. The van der Waals surface area contributed by atoms with Crippen molar-refractivity contribution in [1.82, 2.24) is 0 Å². The SMILES string of the molecule is COc1ccccc1NC(=O)c1cc2ccccc2c(N=Nc2cc(C)c(NC3=NC(=O)c4c(Cl)c(Cl)c(Cl)c(Cl)c43)cc2Cl)c1O. The average Bonchev–Trinajstić information content (AvgIpc) is 3.39. The Labute approximate surface area is 292 Å². The summed E-state index contributed by atoms with van der Waals surface area (Å²) in [6, 6.07) is 18.8. The minimum Gasteiger partial charge on any atom is -0.505 e. The van der Waals surface area contributed by atoms with Crippen LogP contribution in [0.3, 0.4) is 0 Å². The van der Waals surface area contributed by atoms with Crippen molar-refractivity contribution in [2.75, 3.05) is 17.7 Å². The predicted molar refractivity (Wildman–Crippen MR) is 188 cm³/mol. The Morgan fingerprint density at radius 2 is 1.53 bits per heavy atom. The van der Waals surface area contributed by atoms with Crippen LogP contribution < -0.4 is 15.4 Å². The number of ether oxygens (including phenoxy) is 1. The van der Waals surface area contributed by atoms with Crippen LogP contribution in [-0.2, 0) is 0 Å². The number of phenolic OH excluding ortho intramolecular Hbond substituents is 1. The molecule has 0 atom stereocenters. The molecule has 6 rings (SSSR count). The predicted octanol–water partition coefficient (Wildman–Crippen LogP) is 10.8. The highest BCUT2D eigenvalue weighted by atomic mass is 35.5. The molecular weight excluding hydrogens is 708 g/mol. The van der Waals surface area contributed by atoms with Gasteiger partial charge >= 0.3 is 0 Å². The van der Waals surface area contributed by atoms with Gasteiger partial charge in [0.2, 0.25) is 0 Å². The van der Waals surface area contributed by atoms with E-state index < -0.39 is 11.8 Å². The van der Waals surface area contributed by atoms with E-state index in [2.05, 4.69) is 25.9 Å². The Kier molecular flexibility index (Phi) is 9.02. The van der Waals surface area contributed by atoms with E-state index in [0.29, 0.717) is 33.5 Å². The number of amides is 2. The zero-order chi connectivity index (χ0) is 33.6. The van der Waals surface area contributed by atoms with Gasteiger partial charge in [0, 0.05) is 11.1 Å². The molecule has 0 aliphatic carbocycles. The van der Waals surface area contributed by atoms with Gasteiger partial charge in [-0.15, -0.1) is 10.2 Å². The van der Waals surface area contributed by atoms with Crippen LogP contribution in [0.4, 0.5) is 22.7 Å². The monoisotopic (exact) mass is 725 g/mol. The molecule has 0 bridgehead atoms. The van der Waals surface area contributed by atoms with Crippen LogP contribution in [0.2, 0.25) is 25.1 Å².